The zero-order valence-corrected chi connectivity index (χ0v) is 55.3. The number of thioether (sulfide) groups is 2. The second-order valence-corrected chi connectivity index (χ2v) is 26.3. The highest BCUT2D eigenvalue weighted by Gasteiger charge is 2.43. The predicted octanol–water partition coefficient (Wildman–Crippen LogP) is -1.23. The highest BCUT2D eigenvalue weighted by atomic mass is 32.2. The van der Waals surface area contributed by atoms with Gasteiger partial charge in [-0.1, -0.05) is 37.9 Å². The molecule has 0 aliphatic carbocycles. The lowest BCUT2D eigenvalue weighted by Gasteiger charge is -2.32. The Hall–Kier alpha value is -7.78. The number of carbonyl (C=O) groups is 13. The number of carboxylic acid groups (broad SMARTS) is 2. The summed E-state index contributed by atoms with van der Waals surface area (Å²) in [7, 11) is 0. The van der Waals surface area contributed by atoms with Crippen LogP contribution in [0.1, 0.15) is 142 Å². The number of benzene rings is 1. The molecule has 4 aliphatic rings. The molecule has 1 aromatic carbocycles. The number of nitrogens with zero attached hydrogens (tertiary/aromatic N) is 3. The number of aliphatic hydroxyl groups excluding tert-OH is 1. The van der Waals surface area contributed by atoms with Gasteiger partial charge in [0.05, 0.1) is 19.1 Å². The number of nitrogens with one attached hydrogen (secondary N) is 8. The van der Waals surface area contributed by atoms with Gasteiger partial charge in [0.15, 0.2) is 0 Å². The summed E-state index contributed by atoms with van der Waals surface area (Å²) in [5.41, 5.74) is 13.0. The van der Waals surface area contributed by atoms with E-state index < -0.39 is 163 Å². The topological polar surface area (TPSA) is 468 Å². The number of primary amides is 1. The summed E-state index contributed by atoms with van der Waals surface area (Å²) >= 11 is 2.46. The van der Waals surface area contributed by atoms with E-state index in [0.29, 0.717) is 68.6 Å². The first kappa shape index (κ1) is 76.9. The van der Waals surface area contributed by atoms with Gasteiger partial charge in [0.2, 0.25) is 59.1 Å². The van der Waals surface area contributed by atoms with E-state index in [1.54, 1.807) is 19.9 Å². The molecular weight excluding hydrogens is 1270 g/mol. The quantitative estimate of drug-likeness (QED) is 0.0970. The van der Waals surface area contributed by atoms with E-state index in [4.69, 9.17) is 21.0 Å². The summed E-state index contributed by atoms with van der Waals surface area (Å²) in [5, 5.41) is 54.8. The number of carbonyl (C=O) groups excluding carboxylic acids is 11. The van der Waals surface area contributed by atoms with Crippen molar-refractivity contribution < 1.29 is 87.2 Å². The van der Waals surface area contributed by atoms with Crippen LogP contribution < -0.4 is 58.7 Å². The van der Waals surface area contributed by atoms with E-state index in [2.05, 4.69) is 47.7 Å². The Labute approximate surface area is 554 Å². The minimum Gasteiger partial charge on any atom is -0.494 e. The molecule has 11 atom stereocenters. The van der Waals surface area contributed by atoms with Crippen LogP contribution in [-0.2, 0) is 78.7 Å². The Morgan fingerprint density at radius 2 is 1.20 bits per heavy atom. The van der Waals surface area contributed by atoms with Crippen molar-refractivity contribution in [3.8, 4) is 5.75 Å². The zero-order chi connectivity index (χ0) is 69.0. The molecule has 31 nitrogen and oxygen atoms in total. The number of ether oxygens (including phenoxy) is 1. The third-order valence-electron chi connectivity index (χ3n) is 16.0. The Bertz CT molecular complexity index is 2870. The molecule has 2 saturated heterocycles. The number of fused-ring (bicyclic) bond motifs is 7. The summed E-state index contributed by atoms with van der Waals surface area (Å²) in [5.74, 6) is -12.3. The predicted molar refractivity (Wildman–Crippen MR) is 345 cm³/mol. The number of rotatable bonds is 14. The van der Waals surface area contributed by atoms with E-state index in [1.807, 2.05) is 12.1 Å². The smallest absolute Gasteiger partial charge is 0.305 e. The molecular formula is C61H93N13O18S2. The standard InChI is InChI=1S/C61H93N13O18S2/c1-34(2)24-42-56(85)68-43(28-50(79)80)57(86)72-51(36(4)75)61(90)74-21-13-15-46(74)58(87)65-35(3)53(82)67-41(17-18-49(77)78)55(84)70-44(52(63)81)32-93-30-37-25-38-27-39(26-37)91-22-10-5-6-11-23-92-64-29-48(76)66-40(14-8-7-9-19-62)54(83)71-45(33-94-31-38)60(89)73-20-12-16-47(73)59(88)69-42/h25-27,29,34-36,40-47,51,75H,5-24,28,30-33,62H2,1-4H3,(H2,63,81)(H,65,87)(H,66,76)(H,67,82)(H,68,85)(H,69,88)(H,70,84)(H,71,83)(H,72,86)(H,77,78)(H,79,80)/b64-29+/t35-,36+,40-,41-,42-,43-,44-,45-,46-,47-,51-/m0/s1. The number of aliphatic hydroxyl groups is 1. The molecule has 1 aromatic rings. The fourth-order valence-electron chi connectivity index (χ4n) is 11.0. The SMILES string of the molecule is CC(C)C[C@@H]1NC(=O)[C@@H]2CCCN2C(=O)[C@@H]2CSCc3cc(cc(c3)OCCCCCCO/N=C/C(=O)N[C@@H](CCCCCN)C(=O)N2)CSC[C@@H](C(N)=O)NC(=O)[C@H](CCC(=O)O)NC(=O)[C@H](C)NC(=O)[C@@H]2CCCN2C(=O)[C@H]([C@@H](C)O)NC(=O)[C@H](CC(=O)O)NC1=O. The van der Waals surface area contributed by atoms with E-state index in [9.17, 15) is 72.9 Å². The van der Waals surface area contributed by atoms with Gasteiger partial charge >= 0.3 is 11.9 Å². The van der Waals surface area contributed by atoms with Crippen molar-refractivity contribution in [3.05, 3.63) is 29.3 Å². The average molecular weight is 1360 g/mol. The van der Waals surface area contributed by atoms with Crippen LogP contribution in [0.25, 0.3) is 0 Å². The summed E-state index contributed by atoms with van der Waals surface area (Å²) in [6.07, 6.45) is 2.42. The third-order valence-corrected chi connectivity index (χ3v) is 18.2. The van der Waals surface area contributed by atoms with Gasteiger partial charge in [-0.3, -0.25) is 62.3 Å². The van der Waals surface area contributed by atoms with Crippen LogP contribution in [0.4, 0.5) is 0 Å². The van der Waals surface area contributed by atoms with E-state index in [0.717, 1.165) is 30.9 Å². The van der Waals surface area contributed by atoms with Crippen molar-refractivity contribution in [2.75, 3.05) is 44.4 Å². The molecule has 0 aromatic heterocycles. The van der Waals surface area contributed by atoms with Crippen molar-refractivity contribution in [2.45, 2.75) is 208 Å². The number of carboxylic acids is 2. The van der Waals surface area contributed by atoms with Crippen LogP contribution in [0.2, 0.25) is 0 Å². The van der Waals surface area contributed by atoms with E-state index in [1.165, 1.54) is 35.3 Å². The minimum atomic E-state index is -1.92. The molecule has 0 radical (unpaired) electrons. The average Bonchev–Trinajstić information content (AvgIpc) is 1.67. The second-order valence-electron chi connectivity index (χ2n) is 24.2. The van der Waals surface area contributed by atoms with E-state index >= 15 is 4.79 Å². The zero-order valence-electron chi connectivity index (χ0n) is 53.7. The van der Waals surface area contributed by atoms with Crippen molar-refractivity contribution >= 4 is 107 Å². The van der Waals surface area contributed by atoms with Gasteiger partial charge in [-0.25, -0.2) is 0 Å². The maximum Gasteiger partial charge on any atom is 0.305 e. The van der Waals surface area contributed by atoms with Gasteiger partial charge in [0.1, 0.15) is 79.0 Å². The molecule has 15 N–H and O–H groups in total. The first-order valence-corrected chi connectivity index (χ1v) is 34.3. The normalized spacial score (nSPS) is 27.0. The first-order chi connectivity index (χ1) is 44.8. The summed E-state index contributed by atoms with van der Waals surface area (Å²) in [4.78, 5) is 187. The molecule has 0 unspecified atom stereocenters. The van der Waals surface area contributed by atoms with Crippen molar-refractivity contribution in [2.24, 2.45) is 22.5 Å². The lowest BCUT2D eigenvalue weighted by Crippen LogP contribution is -2.62. The van der Waals surface area contributed by atoms with Gasteiger partial charge in [0, 0.05) is 42.5 Å². The molecule has 0 saturated carbocycles. The number of nitrogens with two attached hydrogens (primary N) is 2. The molecule has 4 bridgehead atoms. The minimum absolute atomic E-state index is 0.0390. The number of unbranched alkanes of at least 4 members (excludes halogenated alkanes) is 2. The molecule has 94 heavy (non-hydrogen) atoms. The van der Waals surface area contributed by atoms with Crippen LogP contribution in [-0.4, -0.2) is 219 Å². The third kappa shape index (κ3) is 25.2. The molecule has 33 heteroatoms. The second kappa shape index (κ2) is 39.2. The van der Waals surface area contributed by atoms with Gasteiger partial charge in [-0.2, -0.15) is 23.5 Å². The highest BCUT2D eigenvalue weighted by molar-refractivity contribution is 7.98. The Morgan fingerprint density at radius 3 is 1.82 bits per heavy atom. The van der Waals surface area contributed by atoms with Crippen LogP contribution in [0, 0.1) is 5.92 Å². The Balaban J connectivity index is 1.57. The Morgan fingerprint density at radius 1 is 0.628 bits per heavy atom. The van der Waals surface area contributed by atoms with Crippen molar-refractivity contribution in [1.29, 1.82) is 0 Å². The molecule has 5 rings (SSSR count). The Kier molecular flexibility index (Phi) is 32.1. The number of hydrogen-bond acceptors (Lipinski definition) is 20. The molecule has 4 aliphatic heterocycles. The maximum atomic E-state index is 15.1. The number of amides is 11. The lowest BCUT2D eigenvalue weighted by atomic mass is 10.0. The molecule has 2 fully saturated rings. The largest absolute Gasteiger partial charge is 0.494 e. The van der Waals surface area contributed by atoms with E-state index in [-0.39, 0.29) is 80.7 Å². The fraction of sp³-hybridized carbons (Fsp3) is 0.672. The highest BCUT2D eigenvalue weighted by Crippen LogP contribution is 2.28. The summed E-state index contributed by atoms with van der Waals surface area (Å²) in [6.45, 7) is 6.75. The van der Waals surface area contributed by atoms with Gasteiger partial charge in [0.25, 0.3) is 5.91 Å². The van der Waals surface area contributed by atoms with Crippen molar-refractivity contribution in [1.82, 2.24) is 52.3 Å². The first-order valence-electron chi connectivity index (χ1n) is 32.0. The van der Waals surface area contributed by atoms with Crippen LogP contribution in [0.3, 0.4) is 0 Å². The summed E-state index contributed by atoms with van der Waals surface area (Å²) < 4.78 is 6.26. The maximum absolute atomic E-state index is 15.1. The molecule has 522 valence electrons. The fourth-order valence-corrected chi connectivity index (χ4v) is 13.0. The van der Waals surface area contributed by atoms with Gasteiger partial charge in [-0.15, -0.1) is 0 Å². The molecule has 4 heterocycles. The molecule has 11 amide bonds. The van der Waals surface area contributed by atoms with Crippen molar-refractivity contribution in [3.63, 3.8) is 0 Å². The van der Waals surface area contributed by atoms with Crippen LogP contribution in [0.5, 0.6) is 5.75 Å². The van der Waals surface area contributed by atoms with Crippen LogP contribution >= 0.6 is 23.5 Å². The number of oxime groups is 1. The monoisotopic (exact) mass is 1360 g/mol. The number of aliphatic carboxylic acids is 2. The molecule has 0 spiro atoms. The van der Waals surface area contributed by atoms with Gasteiger partial charge in [-0.05, 0) is 127 Å². The summed E-state index contributed by atoms with van der Waals surface area (Å²) in [6, 6.07) is -9.06. The number of hydrogen-bond donors (Lipinski definition) is 13. The lowest BCUT2D eigenvalue weighted by molar-refractivity contribution is -0.145. The van der Waals surface area contributed by atoms with Gasteiger partial charge < -0.3 is 88.7 Å². The van der Waals surface area contributed by atoms with Crippen LogP contribution in [0.15, 0.2) is 23.4 Å².